The molecule has 0 aliphatic carbocycles. The highest BCUT2D eigenvalue weighted by Gasteiger charge is 2.18. The lowest BCUT2D eigenvalue weighted by Gasteiger charge is -2.05. The quantitative estimate of drug-likeness (QED) is 0.546. The summed E-state index contributed by atoms with van der Waals surface area (Å²) < 4.78 is 6.50. The van der Waals surface area contributed by atoms with Crippen molar-refractivity contribution >= 4 is 51.6 Å². The van der Waals surface area contributed by atoms with Crippen LogP contribution in [-0.4, -0.2) is 5.16 Å². The average Bonchev–Trinajstić information content (AvgIpc) is 2.84. The van der Waals surface area contributed by atoms with E-state index in [-0.39, 0.29) is 0 Å². The number of nitrogens with zero attached hydrogens (tertiary/aromatic N) is 1. The SMILES string of the molecule is Nc1noc(-c2cccc(I)c2)c1-c1ccc(Cl)c(Cl)c1. The van der Waals surface area contributed by atoms with Crippen LogP contribution in [0.4, 0.5) is 5.82 Å². The van der Waals surface area contributed by atoms with E-state index in [1.54, 1.807) is 12.1 Å². The number of aromatic nitrogens is 1. The van der Waals surface area contributed by atoms with Gasteiger partial charge in [0.15, 0.2) is 11.6 Å². The Balaban J connectivity index is 2.19. The Labute approximate surface area is 145 Å². The average molecular weight is 431 g/mol. The molecule has 1 heterocycles. The molecule has 0 saturated carbocycles. The van der Waals surface area contributed by atoms with Crippen molar-refractivity contribution in [1.82, 2.24) is 5.16 Å². The third-order valence-corrected chi connectivity index (χ3v) is 4.42. The van der Waals surface area contributed by atoms with Gasteiger partial charge in [-0.2, -0.15) is 0 Å². The molecule has 0 bridgehead atoms. The first-order valence-electron chi connectivity index (χ1n) is 6.03. The highest BCUT2D eigenvalue weighted by atomic mass is 127. The predicted octanol–water partition coefficient (Wildman–Crippen LogP) is 5.50. The Kier molecular flexibility index (Phi) is 4.10. The molecule has 1 aromatic heterocycles. The molecule has 0 saturated heterocycles. The molecule has 6 heteroatoms. The van der Waals surface area contributed by atoms with Crippen molar-refractivity contribution in [2.45, 2.75) is 0 Å². The molecular formula is C15H9Cl2IN2O. The van der Waals surface area contributed by atoms with Gasteiger partial charge in [0.2, 0.25) is 0 Å². The highest BCUT2D eigenvalue weighted by molar-refractivity contribution is 14.1. The van der Waals surface area contributed by atoms with E-state index >= 15 is 0 Å². The lowest BCUT2D eigenvalue weighted by atomic mass is 10.0. The maximum atomic E-state index is 6.08. The van der Waals surface area contributed by atoms with Crippen molar-refractivity contribution in [2.24, 2.45) is 0 Å². The summed E-state index contributed by atoms with van der Waals surface area (Å²) in [7, 11) is 0. The Hall–Kier alpha value is -1.24. The topological polar surface area (TPSA) is 52.0 Å². The molecule has 0 aliphatic rings. The standard InChI is InChI=1S/C15H9Cl2IN2O/c16-11-5-4-8(7-12(11)17)13-14(21-20-15(13)19)9-2-1-3-10(18)6-9/h1-7H,(H2,19,20). The lowest BCUT2D eigenvalue weighted by molar-refractivity contribution is 0.436. The number of hydrogen-bond donors (Lipinski definition) is 1. The molecule has 0 unspecified atom stereocenters. The summed E-state index contributed by atoms with van der Waals surface area (Å²) in [5.74, 6) is 0.937. The van der Waals surface area contributed by atoms with Crippen LogP contribution in [0.5, 0.6) is 0 Å². The Morgan fingerprint density at radius 1 is 1.00 bits per heavy atom. The Bertz CT molecular complexity index is 817. The molecule has 3 rings (SSSR count). The van der Waals surface area contributed by atoms with E-state index in [9.17, 15) is 0 Å². The minimum Gasteiger partial charge on any atom is -0.380 e. The molecule has 0 aliphatic heterocycles. The molecule has 0 spiro atoms. The van der Waals surface area contributed by atoms with Gasteiger partial charge in [-0.25, -0.2) is 0 Å². The largest absolute Gasteiger partial charge is 0.380 e. The number of hydrogen-bond acceptors (Lipinski definition) is 3. The number of nitrogens with two attached hydrogens (primary N) is 1. The van der Waals surface area contributed by atoms with Crippen LogP contribution < -0.4 is 5.73 Å². The second-order valence-electron chi connectivity index (χ2n) is 4.41. The van der Waals surface area contributed by atoms with Crippen LogP contribution >= 0.6 is 45.8 Å². The molecule has 0 amide bonds. The maximum Gasteiger partial charge on any atom is 0.176 e. The van der Waals surface area contributed by atoms with Crippen molar-refractivity contribution < 1.29 is 4.52 Å². The van der Waals surface area contributed by atoms with Gasteiger partial charge in [-0.15, -0.1) is 0 Å². The lowest BCUT2D eigenvalue weighted by Crippen LogP contribution is -1.89. The van der Waals surface area contributed by atoms with Crippen molar-refractivity contribution in [3.8, 4) is 22.5 Å². The molecule has 0 atom stereocenters. The van der Waals surface area contributed by atoms with Crippen molar-refractivity contribution in [3.05, 3.63) is 56.1 Å². The minimum absolute atomic E-state index is 0.322. The van der Waals surface area contributed by atoms with Gasteiger partial charge in [-0.05, 0) is 52.4 Å². The molecule has 2 aromatic carbocycles. The number of benzene rings is 2. The van der Waals surface area contributed by atoms with Gasteiger partial charge in [-0.1, -0.05) is 46.6 Å². The van der Waals surface area contributed by atoms with Crippen LogP contribution in [-0.2, 0) is 0 Å². The van der Waals surface area contributed by atoms with Crippen molar-refractivity contribution in [3.63, 3.8) is 0 Å². The van der Waals surface area contributed by atoms with Gasteiger partial charge in [0, 0.05) is 9.13 Å². The first-order valence-corrected chi connectivity index (χ1v) is 7.86. The summed E-state index contributed by atoms with van der Waals surface area (Å²) in [6, 6.07) is 13.2. The van der Waals surface area contributed by atoms with Crippen LogP contribution in [0.15, 0.2) is 47.0 Å². The van der Waals surface area contributed by atoms with E-state index in [1.807, 2.05) is 30.3 Å². The van der Waals surface area contributed by atoms with Crippen molar-refractivity contribution in [1.29, 1.82) is 0 Å². The first kappa shape index (κ1) is 14.7. The molecule has 2 N–H and O–H groups in total. The summed E-state index contributed by atoms with van der Waals surface area (Å²) in [5.41, 5.74) is 8.40. The molecular weight excluding hydrogens is 422 g/mol. The zero-order chi connectivity index (χ0) is 15.0. The third-order valence-electron chi connectivity index (χ3n) is 3.01. The van der Waals surface area contributed by atoms with Gasteiger partial charge < -0.3 is 10.3 Å². The summed E-state index contributed by atoms with van der Waals surface area (Å²) in [6.45, 7) is 0. The molecule has 0 radical (unpaired) electrons. The second-order valence-corrected chi connectivity index (χ2v) is 6.47. The first-order chi connectivity index (χ1) is 10.1. The van der Waals surface area contributed by atoms with E-state index in [0.717, 1.165) is 20.3 Å². The fourth-order valence-electron chi connectivity index (χ4n) is 2.06. The smallest absolute Gasteiger partial charge is 0.176 e. The van der Waals surface area contributed by atoms with Crippen molar-refractivity contribution in [2.75, 3.05) is 5.73 Å². The fourth-order valence-corrected chi connectivity index (χ4v) is 2.90. The summed E-state index contributed by atoms with van der Waals surface area (Å²) in [4.78, 5) is 0. The van der Waals surface area contributed by atoms with Gasteiger partial charge >= 0.3 is 0 Å². The number of nitrogen functional groups attached to an aromatic ring is 1. The van der Waals surface area contributed by atoms with E-state index in [2.05, 4.69) is 27.7 Å². The molecule has 21 heavy (non-hydrogen) atoms. The number of anilines is 1. The van der Waals surface area contributed by atoms with E-state index in [0.29, 0.717) is 21.6 Å². The van der Waals surface area contributed by atoms with E-state index < -0.39 is 0 Å². The summed E-state index contributed by atoms with van der Waals surface area (Å²) in [6.07, 6.45) is 0. The predicted molar refractivity (Wildman–Crippen MR) is 94.5 cm³/mol. The fraction of sp³-hybridized carbons (Fsp3) is 0. The summed E-state index contributed by atoms with van der Waals surface area (Å²) in [5, 5.41) is 4.83. The zero-order valence-corrected chi connectivity index (χ0v) is 14.3. The van der Waals surface area contributed by atoms with E-state index in [4.69, 9.17) is 33.5 Å². The zero-order valence-electron chi connectivity index (χ0n) is 10.6. The Morgan fingerprint density at radius 2 is 1.81 bits per heavy atom. The van der Waals surface area contributed by atoms with Gasteiger partial charge in [0.25, 0.3) is 0 Å². The van der Waals surface area contributed by atoms with Crippen LogP contribution in [0.2, 0.25) is 10.0 Å². The van der Waals surface area contributed by atoms with Crippen LogP contribution in [0.1, 0.15) is 0 Å². The highest BCUT2D eigenvalue weighted by Crippen LogP contribution is 2.38. The minimum atomic E-state index is 0.322. The third kappa shape index (κ3) is 2.88. The van der Waals surface area contributed by atoms with Gasteiger partial charge in [0.1, 0.15) is 0 Å². The number of rotatable bonds is 2. The van der Waals surface area contributed by atoms with Crippen LogP contribution in [0.25, 0.3) is 22.5 Å². The van der Waals surface area contributed by atoms with E-state index in [1.165, 1.54) is 0 Å². The second kappa shape index (κ2) is 5.87. The monoisotopic (exact) mass is 430 g/mol. The summed E-state index contributed by atoms with van der Waals surface area (Å²) >= 11 is 14.3. The molecule has 106 valence electrons. The number of halogens is 3. The Morgan fingerprint density at radius 3 is 2.52 bits per heavy atom. The molecule has 3 aromatic rings. The molecule has 3 nitrogen and oxygen atoms in total. The van der Waals surface area contributed by atoms with Gasteiger partial charge in [0.05, 0.1) is 15.6 Å². The molecule has 0 fully saturated rings. The van der Waals surface area contributed by atoms with Crippen LogP contribution in [0, 0.1) is 3.57 Å². The van der Waals surface area contributed by atoms with Gasteiger partial charge in [-0.3, -0.25) is 0 Å². The van der Waals surface area contributed by atoms with Crippen LogP contribution in [0.3, 0.4) is 0 Å². The normalized spacial score (nSPS) is 10.8. The maximum absolute atomic E-state index is 6.08.